The van der Waals surface area contributed by atoms with Gasteiger partial charge < -0.3 is 19.5 Å². The van der Waals surface area contributed by atoms with Gasteiger partial charge in [-0.2, -0.15) is 0 Å². The molecule has 4 nitrogen and oxygen atoms in total. The molecule has 4 heteroatoms. The number of ether oxygens (including phenoxy) is 2. The van der Waals surface area contributed by atoms with Crippen LogP contribution in [0, 0.1) is 5.92 Å². The lowest BCUT2D eigenvalue weighted by molar-refractivity contribution is -0.909. The number of hydrogen-bond donors (Lipinski definition) is 2. The first-order valence-corrected chi connectivity index (χ1v) is 8.98. The summed E-state index contributed by atoms with van der Waals surface area (Å²) < 4.78 is 11.2. The van der Waals surface area contributed by atoms with Gasteiger partial charge in [0.05, 0.1) is 26.3 Å². The van der Waals surface area contributed by atoms with Gasteiger partial charge in [0.2, 0.25) is 0 Å². The van der Waals surface area contributed by atoms with Crippen LogP contribution < -0.4 is 9.64 Å². The van der Waals surface area contributed by atoms with E-state index in [0.717, 1.165) is 24.6 Å². The molecule has 2 rings (SSSR count). The maximum absolute atomic E-state index is 10.1. The molecule has 1 aliphatic rings. The minimum atomic E-state index is -0.373. The van der Waals surface area contributed by atoms with E-state index in [1.165, 1.54) is 36.4 Å². The monoisotopic (exact) mass is 322 g/mol. The SMILES string of the molecule is CCc1ccc(OCCOC[C@@H](O)C[NH+]2CCC(C)CC2)cc1. The van der Waals surface area contributed by atoms with E-state index in [1.807, 2.05) is 12.1 Å². The predicted octanol–water partition coefficient (Wildman–Crippen LogP) is 1.32. The average molecular weight is 322 g/mol. The van der Waals surface area contributed by atoms with Crippen LogP contribution in [0.15, 0.2) is 24.3 Å². The van der Waals surface area contributed by atoms with Crippen LogP contribution in [0.5, 0.6) is 5.75 Å². The Balaban J connectivity index is 1.52. The lowest BCUT2D eigenvalue weighted by Crippen LogP contribution is -3.14. The zero-order valence-corrected chi connectivity index (χ0v) is 14.6. The first-order chi connectivity index (χ1) is 11.2. The van der Waals surface area contributed by atoms with Crippen LogP contribution in [0.4, 0.5) is 0 Å². The minimum Gasteiger partial charge on any atom is -0.491 e. The van der Waals surface area contributed by atoms with Crippen LogP contribution in [-0.2, 0) is 11.2 Å². The molecular weight excluding hydrogens is 290 g/mol. The molecule has 0 amide bonds. The van der Waals surface area contributed by atoms with Crippen molar-refractivity contribution in [1.82, 2.24) is 0 Å². The molecule has 2 N–H and O–H groups in total. The third-order valence-electron chi connectivity index (χ3n) is 4.64. The highest BCUT2D eigenvalue weighted by Gasteiger charge is 2.21. The van der Waals surface area contributed by atoms with Crippen molar-refractivity contribution in [2.45, 2.75) is 39.2 Å². The minimum absolute atomic E-state index is 0.373. The lowest BCUT2D eigenvalue weighted by Gasteiger charge is -2.28. The third kappa shape index (κ3) is 6.90. The molecule has 130 valence electrons. The number of benzene rings is 1. The summed E-state index contributed by atoms with van der Waals surface area (Å²) in [6, 6.07) is 8.16. The standard InChI is InChI=1S/C19H31NO3/c1-3-17-4-6-19(7-5-17)23-13-12-22-15-18(21)14-20-10-8-16(2)9-11-20/h4-7,16,18,21H,3,8-15H2,1-2H3/p+1/t18-/m0/s1. The van der Waals surface area contributed by atoms with Gasteiger partial charge in [-0.05, 0) is 42.9 Å². The van der Waals surface area contributed by atoms with Gasteiger partial charge in [-0.15, -0.1) is 0 Å². The van der Waals surface area contributed by atoms with Crippen LogP contribution in [0.1, 0.15) is 32.3 Å². The van der Waals surface area contributed by atoms with Crippen molar-refractivity contribution in [3.05, 3.63) is 29.8 Å². The Bertz CT molecular complexity index is 427. The van der Waals surface area contributed by atoms with E-state index in [9.17, 15) is 5.11 Å². The zero-order valence-electron chi connectivity index (χ0n) is 14.6. The zero-order chi connectivity index (χ0) is 16.5. The van der Waals surface area contributed by atoms with Crippen molar-refractivity contribution < 1.29 is 19.5 Å². The van der Waals surface area contributed by atoms with E-state index in [0.29, 0.717) is 19.8 Å². The van der Waals surface area contributed by atoms with E-state index >= 15 is 0 Å². The molecule has 0 spiro atoms. The fourth-order valence-electron chi connectivity index (χ4n) is 3.03. The van der Waals surface area contributed by atoms with E-state index in [-0.39, 0.29) is 6.10 Å². The maximum atomic E-state index is 10.1. The van der Waals surface area contributed by atoms with Crippen LogP contribution in [0.2, 0.25) is 0 Å². The highest BCUT2D eigenvalue weighted by atomic mass is 16.5. The van der Waals surface area contributed by atoms with Gasteiger partial charge >= 0.3 is 0 Å². The van der Waals surface area contributed by atoms with E-state index in [4.69, 9.17) is 9.47 Å². The number of quaternary nitrogens is 1. The summed E-state index contributed by atoms with van der Waals surface area (Å²) in [5, 5.41) is 10.1. The molecule has 0 saturated carbocycles. The Hall–Kier alpha value is -1.10. The molecule has 1 fully saturated rings. The molecule has 0 unspecified atom stereocenters. The smallest absolute Gasteiger partial charge is 0.126 e. The van der Waals surface area contributed by atoms with Crippen molar-refractivity contribution in [2.75, 3.05) is 39.5 Å². The van der Waals surface area contributed by atoms with Gasteiger partial charge in [-0.3, -0.25) is 0 Å². The summed E-state index contributed by atoms with van der Waals surface area (Å²) in [5.41, 5.74) is 1.31. The molecule has 0 aromatic heterocycles. The van der Waals surface area contributed by atoms with Crippen molar-refractivity contribution >= 4 is 0 Å². The number of aliphatic hydroxyl groups is 1. The second kappa shape index (κ2) is 9.91. The Morgan fingerprint density at radius 2 is 1.87 bits per heavy atom. The number of likely N-dealkylation sites (tertiary alicyclic amines) is 1. The molecule has 1 heterocycles. The lowest BCUT2D eigenvalue weighted by atomic mass is 9.99. The second-order valence-electron chi connectivity index (χ2n) is 6.71. The molecule has 23 heavy (non-hydrogen) atoms. The van der Waals surface area contributed by atoms with Crippen LogP contribution in [0.25, 0.3) is 0 Å². The van der Waals surface area contributed by atoms with E-state index in [2.05, 4.69) is 26.0 Å². The number of rotatable bonds is 9. The van der Waals surface area contributed by atoms with Gasteiger partial charge in [-0.1, -0.05) is 26.0 Å². The number of aliphatic hydroxyl groups excluding tert-OH is 1. The van der Waals surface area contributed by atoms with Gasteiger partial charge in [0.1, 0.15) is 25.0 Å². The van der Waals surface area contributed by atoms with Crippen LogP contribution in [-0.4, -0.2) is 50.7 Å². The fraction of sp³-hybridized carbons (Fsp3) is 0.684. The number of piperidine rings is 1. The molecule has 1 aromatic carbocycles. The Kier molecular flexibility index (Phi) is 7.86. The predicted molar refractivity (Wildman–Crippen MR) is 92.1 cm³/mol. The van der Waals surface area contributed by atoms with Crippen molar-refractivity contribution in [3.8, 4) is 5.75 Å². The summed E-state index contributed by atoms with van der Waals surface area (Å²) >= 11 is 0. The Labute approximate surface area is 140 Å². The van der Waals surface area contributed by atoms with Crippen molar-refractivity contribution in [1.29, 1.82) is 0 Å². The fourth-order valence-corrected chi connectivity index (χ4v) is 3.03. The molecule has 0 aliphatic carbocycles. The largest absolute Gasteiger partial charge is 0.491 e. The maximum Gasteiger partial charge on any atom is 0.126 e. The normalized spacial score (nSPS) is 22.7. The van der Waals surface area contributed by atoms with Crippen LogP contribution in [0.3, 0.4) is 0 Å². The Morgan fingerprint density at radius 3 is 2.52 bits per heavy atom. The Morgan fingerprint density at radius 1 is 1.17 bits per heavy atom. The molecule has 1 aromatic rings. The molecule has 1 saturated heterocycles. The molecule has 1 atom stereocenters. The summed E-state index contributed by atoms with van der Waals surface area (Å²) in [6.07, 6.45) is 3.21. The molecular formula is C19H32NO3+. The third-order valence-corrected chi connectivity index (χ3v) is 4.64. The first-order valence-electron chi connectivity index (χ1n) is 8.98. The number of hydrogen-bond acceptors (Lipinski definition) is 3. The summed E-state index contributed by atoms with van der Waals surface area (Å²) in [5.74, 6) is 1.72. The number of aryl methyl sites for hydroxylation is 1. The number of nitrogens with one attached hydrogen (secondary N) is 1. The topological polar surface area (TPSA) is 43.1 Å². The van der Waals surface area contributed by atoms with Crippen molar-refractivity contribution in [2.24, 2.45) is 5.92 Å². The van der Waals surface area contributed by atoms with E-state index in [1.54, 1.807) is 0 Å². The van der Waals surface area contributed by atoms with Crippen molar-refractivity contribution in [3.63, 3.8) is 0 Å². The van der Waals surface area contributed by atoms with Gasteiger partial charge in [0.15, 0.2) is 0 Å². The average Bonchev–Trinajstić information content (AvgIpc) is 2.57. The highest BCUT2D eigenvalue weighted by Crippen LogP contribution is 2.12. The molecule has 0 bridgehead atoms. The van der Waals surface area contributed by atoms with Gasteiger partial charge in [0, 0.05) is 0 Å². The van der Waals surface area contributed by atoms with Gasteiger partial charge in [0.25, 0.3) is 0 Å². The van der Waals surface area contributed by atoms with Gasteiger partial charge in [-0.25, -0.2) is 0 Å². The highest BCUT2D eigenvalue weighted by molar-refractivity contribution is 5.27. The van der Waals surface area contributed by atoms with Crippen LogP contribution >= 0.6 is 0 Å². The summed E-state index contributed by atoms with van der Waals surface area (Å²) in [7, 11) is 0. The first kappa shape index (κ1) is 18.2. The molecule has 0 radical (unpaired) electrons. The van der Waals surface area contributed by atoms with E-state index < -0.39 is 0 Å². The summed E-state index contributed by atoms with van der Waals surface area (Å²) in [6.45, 7) is 9.03. The summed E-state index contributed by atoms with van der Waals surface area (Å²) in [4.78, 5) is 1.51. The molecule has 1 aliphatic heterocycles. The quantitative estimate of drug-likeness (QED) is 0.674. The second-order valence-corrected chi connectivity index (χ2v) is 6.71.